The standard InChI is InChI=1S/C22H27ClN4O/c1-17-7-9-27(10-8-17)22(28)18-5-6-21(24-16-18)26-13-11-25(12-14-26)20-4-2-3-19(23)15-20/h2-6,15-17H,7-14H2,1H3. The summed E-state index contributed by atoms with van der Waals surface area (Å²) < 4.78 is 0. The van der Waals surface area contributed by atoms with E-state index in [-0.39, 0.29) is 5.91 Å². The number of anilines is 2. The number of hydrogen-bond donors (Lipinski definition) is 0. The van der Waals surface area contributed by atoms with Gasteiger partial charge < -0.3 is 14.7 Å². The Kier molecular flexibility index (Phi) is 5.72. The maximum Gasteiger partial charge on any atom is 0.255 e. The molecule has 5 nitrogen and oxygen atoms in total. The number of piperazine rings is 1. The van der Waals surface area contributed by atoms with Crippen molar-refractivity contribution >= 4 is 29.0 Å². The molecule has 2 aliphatic rings. The molecule has 1 aromatic heterocycles. The van der Waals surface area contributed by atoms with Crippen LogP contribution in [0.1, 0.15) is 30.1 Å². The van der Waals surface area contributed by atoms with Crippen LogP contribution in [0.15, 0.2) is 42.6 Å². The summed E-state index contributed by atoms with van der Waals surface area (Å²) in [7, 11) is 0. The Labute approximate surface area is 171 Å². The number of likely N-dealkylation sites (tertiary alicyclic amines) is 1. The van der Waals surface area contributed by atoms with Crippen LogP contribution in [-0.4, -0.2) is 55.1 Å². The van der Waals surface area contributed by atoms with Crippen LogP contribution in [0.25, 0.3) is 0 Å². The van der Waals surface area contributed by atoms with E-state index in [2.05, 4.69) is 27.8 Å². The molecule has 0 spiro atoms. The summed E-state index contributed by atoms with van der Waals surface area (Å²) in [6.07, 6.45) is 3.92. The first-order valence-corrected chi connectivity index (χ1v) is 10.5. The number of pyridine rings is 1. The van der Waals surface area contributed by atoms with Gasteiger partial charge in [-0.05, 0) is 49.1 Å². The number of halogens is 1. The van der Waals surface area contributed by atoms with Gasteiger partial charge in [-0.3, -0.25) is 4.79 Å². The number of amides is 1. The topological polar surface area (TPSA) is 39.7 Å². The summed E-state index contributed by atoms with van der Waals surface area (Å²) in [5, 5.41) is 0.769. The number of rotatable bonds is 3. The molecule has 1 aromatic carbocycles. The lowest BCUT2D eigenvalue weighted by Gasteiger charge is -2.36. The van der Waals surface area contributed by atoms with Crippen molar-refractivity contribution in [3.05, 3.63) is 53.2 Å². The van der Waals surface area contributed by atoms with Gasteiger partial charge in [-0.25, -0.2) is 4.98 Å². The van der Waals surface area contributed by atoms with Gasteiger partial charge in [-0.1, -0.05) is 24.6 Å². The first-order chi connectivity index (χ1) is 13.6. The van der Waals surface area contributed by atoms with E-state index in [1.165, 1.54) is 0 Å². The second kappa shape index (κ2) is 8.39. The summed E-state index contributed by atoms with van der Waals surface area (Å²) in [6.45, 7) is 7.61. The first kappa shape index (κ1) is 19.1. The number of carbonyl (C=O) groups is 1. The highest BCUT2D eigenvalue weighted by Gasteiger charge is 2.23. The lowest BCUT2D eigenvalue weighted by molar-refractivity contribution is 0.0697. The minimum atomic E-state index is 0.108. The number of aromatic nitrogens is 1. The molecule has 0 saturated carbocycles. The molecule has 0 N–H and O–H groups in total. The zero-order valence-corrected chi connectivity index (χ0v) is 17.1. The average molecular weight is 399 g/mol. The number of piperidine rings is 1. The monoisotopic (exact) mass is 398 g/mol. The molecule has 1 amide bonds. The highest BCUT2D eigenvalue weighted by atomic mass is 35.5. The van der Waals surface area contributed by atoms with Crippen molar-refractivity contribution in [3.63, 3.8) is 0 Å². The molecular formula is C22H27ClN4O. The fourth-order valence-electron chi connectivity index (χ4n) is 3.96. The number of hydrogen-bond acceptors (Lipinski definition) is 4. The quantitative estimate of drug-likeness (QED) is 0.785. The summed E-state index contributed by atoms with van der Waals surface area (Å²) >= 11 is 6.11. The van der Waals surface area contributed by atoms with Crippen molar-refractivity contribution in [2.75, 3.05) is 49.1 Å². The summed E-state index contributed by atoms with van der Waals surface area (Å²) in [5.74, 6) is 1.77. The van der Waals surface area contributed by atoms with Crippen LogP contribution >= 0.6 is 11.6 Å². The normalized spacial score (nSPS) is 18.4. The zero-order chi connectivity index (χ0) is 19.5. The van der Waals surface area contributed by atoms with Gasteiger partial charge in [0.05, 0.1) is 5.56 Å². The van der Waals surface area contributed by atoms with Gasteiger partial charge in [-0.15, -0.1) is 0 Å². The molecule has 0 unspecified atom stereocenters. The fourth-order valence-corrected chi connectivity index (χ4v) is 4.14. The predicted octanol–water partition coefficient (Wildman–Crippen LogP) is 3.93. The molecule has 2 aromatic rings. The Balaban J connectivity index is 1.35. The van der Waals surface area contributed by atoms with Gasteiger partial charge in [0.25, 0.3) is 5.91 Å². The Morgan fingerprint density at radius 2 is 1.71 bits per heavy atom. The maximum atomic E-state index is 12.7. The second-order valence-corrected chi connectivity index (χ2v) is 8.27. The van der Waals surface area contributed by atoms with Gasteiger partial charge in [0.2, 0.25) is 0 Å². The van der Waals surface area contributed by atoms with Gasteiger partial charge in [0.15, 0.2) is 0 Å². The fraction of sp³-hybridized carbons (Fsp3) is 0.455. The molecule has 0 bridgehead atoms. The first-order valence-electron chi connectivity index (χ1n) is 10.1. The van der Waals surface area contributed by atoms with Crippen molar-refractivity contribution in [2.45, 2.75) is 19.8 Å². The molecule has 148 valence electrons. The molecule has 3 heterocycles. The van der Waals surface area contributed by atoms with Crippen LogP contribution in [0.2, 0.25) is 5.02 Å². The van der Waals surface area contributed by atoms with E-state index in [9.17, 15) is 4.79 Å². The van der Waals surface area contributed by atoms with Crippen LogP contribution in [-0.2, 0) is 0 Å². The third-order valence-electron chi connectivity index (χ3n) is 5.84. The van der Waals surface area contributed by atoms with Crippen molar-refractivity contribution in [3.8, 4) is 0 Å². The average Bonchev–Trinajstić information content (AvgIpc) is 2.74. The molecule has 2 fully saturated rings. The second-order valence-electron chi connectivity index (χ2n) is 7.83. The Hall–Kier alpha value is -2.27. The van der Waals surface area contributed by atoms with Crippen molar-refractivity contribution in [2.24, 2.45) is 5.92 Å². The van der Waals surface area contributed by atoms with E-state index in [0.717, 1.165) is 74.6 Å². The van der Waals surface area contributed by atoms with E-state index in [1.807, 2.05) is 35.2 Å². The minimum absolute atomic E-state index is 0.108. The highest BCUT2D eigenvalue weighted by molar-refractivity contribution is 6.30. The van der Waals surface area contributed by atoms with E-state index in [4.69, 9.17) is 11.6 Å². The van der Waals surface area contributed by atoms with Crippen LogP contribution in [0.5, 0.6) is 0 Å². The molecule has 28 heavy (non-hydrogen) atoms. The van der Waals surface area contributed by atoms with E-state index < -0.39 is 0 Å². The van der Waals surface area contributed by atoms with E-state index in [0.29, 0.717) is 5.56 Å². The molecule has 0 aliphatic carbocycles. The van der Waals surface area contributed by atoms with Crippen molar-refractivity contribution in [1.82, 2.24) is 9.88 Å². The Bertz CT molecular complexity index is 810. The third-order valence-corrected chi connectivity index (χ3v) is 6.08. The van der Waals surface area contributed by atoms with Crippen LogP contribution in [0.4, 0.5) is 11.5 Å². The summed E-state index contributed by atoms with van der Waals surface area (Å²) in [5.41, 5.74) is 1.85. The summed E-state index contributed by atoms with van der Waals surface area (Å²) in [4.78, 5) is 23.8. The lowest BCUT2D eigenvalue weighted by Crippen LogP contribution is -2.46. The maximum absolute atomic E-state index is 12.7. The minimum Gasteiger partial charge on any atom is -0.368 e. The Morgan fingerprint density at radius 1 is 1.00 bits per heavy atom. The van der Waals surface area contributed by atoms with Gasteiger partial charge in [0, 0.05) is 56.2 Å². The van der Waals surface area contributed by atoms with Gasteiger partial charge in [-0.2, -0.15) is 0 Å². The van der Waals surface area contributed by atoms with Gasteiger partial charge >= 0.3 is 0 Å². The van der Waals surface area contributed by atoms with Crippen LogP contribution in [0.3, 0.4) is 0 Å². The van der Waals surface area contributed by atoms with E-state index >= 15 is 0 Å². The Morgan fingerprint density at radius 3 is 2.36 bits per heavy atom. The molecule has 0 atom stereocenters. The number of nitrogens with zero attached hydrogens (tertiary/aromatic N) is 4. The summed E-state index contributed by atoms with van der Waals surface area (Å²) in [6, 6.07) is 11.9. The largest absolute Gasteiger partial charge is 0.368 e. The lowest BCUT2D eigenvalue weighted by atomic mass is 9.99. The van der Waals surface area contributed by atoms with E-state index in [1.54, 1.807) is 6.20 Å². The van der Waals surface area contributed by atoms with Crippen molar-refractivity contribution in [1.29, 1.82) is 0 Å². The number of benzene rings is 1. The molecule has 2 aliphatic heterocycles. The van der Waals surface area contributed by atoms with Crippen molar-refractivity contribution < 1.29 is 4.79 Å². The SMILES string of the molecule is CC1CCN(C(=O)c2ccc(N3CCN(c4cccc(Cl)c4)CC3)nc2)CC1. The van der Waals surface area contributed by atoms with Crippen LogP contribution < -0.4 is 9.80 Å². The highest BCUT2D eigenvalue weighted by Crippen LogP contribution is 2.23. The molecule has 6 heteroatoms. The molecule has 0 radical (unpaired) electrons. The predicted molar refractivity (Wildman–Crippen MR) is 114 cm³/mol. The molecule has 2 saturated heterocycles. The smallest absolute Gasteiger partial charge is 0.255 e. The van der Waals surface area contributed by atoms with Crippen LogP contribution in [0, 0.1) is 5.92 Å². The van der Waals surface area contributed by atoms with Gasteiger partial charge in [0.1, 0.15) is 5.82 Å². The third kappa shape index (κ3) is 4.25. The molecule has 4 rings (SSSR count). The molecular weight excluding hydrogens is 372 g/mol. The zero-order valence-electron chi connectivity index (χ0n) is 16.4. The number of carbonyl (C=O) groups excluding carboxylic acids is 1.